The smallest absolute Gasteiger partial charge is 0.286 e. The van der Waals surface area contributed by atoms with E-state index in [4.69, 9.17) is 0 Å². The number of carbonyl (C=O) groups is 1. The first kappa shape index (κ1) is 17.2. The molecule has 0 saturated carbocycles. The van der Waals surface area contributed by atoms with E-state index >= 15 is 0 Å². The predicted octanol–water partition coefficient (Wildman–Crippen LogP) is 1.78. The number of quaternary nitrogens is 1. The van der Waals surface area contributed by atoms with Crippen molar-refractivity contribution in [3.8, 4) is 0 Å². The molecule has 128 valence electrons. The van der Waals surface area contributed by atoms with E-state index in [1.807, 2.05) is 6.08 Å². The van der Waals surface area contributed by atoms with Gasteiger partial charge < -0.3 is 9.80 Å². The van der Waals surface area contributed by atoms with Gasteiger partial charge >= 0.3 is 0 Å². The molecule has 1 saturated heterocycles. The van der Waals surface area contributed by atoms with Gasteiger partial charge in [-0.05, 0) is 34.4 Å². The quantitative estimate of drug-likeness (QED) is 0.789. The van der Waals surface area contributed by atoms with Gasteiger partial charge in [-0.1, -0.05) is 45.0 Å². The third-order valence-electron chi connectivity index (χ3n) is 4.57. The van der Waals surface area contributed by atoms with Gasteiger partial charge in [0.25, 0.3) is 5.91 Å². The molecule has 0 bridgehead atoms. The summed E-state index contributed by atoms with van der Waals surface area (Å²) in [5, 5.41) is 0.866. The van der Waals surface area contributed by atoms with E-state index < -0.39 is 0 Å². The number of hydrogen-bond donors (Lipinski definition) is 1. The fourth-order valence-corrected chi connectivity index (χ4v) is 3.81. The first-order chi connectivity index (χ1) is 11.3. The number of piperazine rings is 1. The molecule has 24 heavy (non-hydrogen) atoms. The summed E-state index contributed by atoms with van der Waals surface area (Å²) < 4.78 is 0. The second-order valence-electron chi connectivity index (χ2n) is 7.63. The number of thioether (sulfide) groups is 1. The van der Waals surface area contributed by atoms with Crippen molar-refractivity contribution in [1.29, 1.82) is 0 Å². The minimum absolute atomic E-state index is 0.110. The Morgan fingerprint density at radius 1 is 1.17 bits per heavy atom. The molecule has 2 aliphatic heterocycles. The molecule has 0 aromatic heterocycles. The maximum atomic E-state index is 12.2. The molecule has 1 amide bonds. The van der Waals surface area contributed by atoms with Crippen molar-refractivity contribution in [1.82, 2.24) is 4.90 Å². The Labute approximate surface area is 148 Å². The fraction of sp³-hybridized carbons (Fsp3) is 0.474. The average molecular weight is 345 g/mol. The summed E-state index contributed by atoms with van der Waals surface area (Å²) in [7, 11) is 2.21. The number of nitrogens with one attached hydrogen (secondary N) is 1. The van der Waals surface area contributed by atoms with Gasteiger partial charge in [0.2, 0.25) is 0 Å². The molecule has 4 nitrogen and oxygen atoms in total. The van der Waals surface area contributed by atoms with Gasteiger partial charge in [0, 0.05) is 0 Å². The summed E-state index contributed by atoms with van der Waals surface area (Å²) in [6.45, 7) is 10.7. The predicted molar refractivity (Wildman–Crippen MR) is 101 cm³/mol. The van der Waals surface area contributed by atoms with Gasteiger partial charge in [0.1, 0.15) is 0 Å². The van der Waals surface area contributed by atoms with Crippen LogP contribution >= 0.6 is 11.8 Å². The average Bonchev–Trinajstić information content (AvgIpc) is 2.89. The van der Waals surface area contributed by atoms with Crippen LogP contribution in [0.15, 0.2) is 34.2 Å². The Balaban J connectivity index is 1.70. The van der Waals surface area contributed by atoms with Crippen molar-refractivity contribution in [3.05, 3.63) is 40.3 Å². The molecule has 2 aliphatic rings. The van der Waals surface area contributed by atoms with E-state index in [2.05, 4.69) is 62.0 Å². The zero-order valence-corrected chi connectivity index (χ0v) is 15.7. The van der Waals surface area contributed by atoms with Gasteiger partial charge in [-0.25, -0.2) is 0 Å². The lowest BCUT2D eigenvalue weighted by atomic mass is 9.87. The summed E-state index contributed by atoms with van der Waals surface area (Å²) in [4.78, 5) is 21.0. The van der Waals surface area contributed by atoms with Crippen LogP contribution in [0.3, 0.4) is 0 Å². The summed E-state index contributed by atoms with van der Waals surface area (Å²) in [5.74, 6) is -0.110. The molecule has 0 atom stereocenters. The normalized spacial score (nSPS) is 21.5. The van der Waals surface area contributed by atoms with Gasteiger partial charge in [-0.15, -0.1) is 0 Å². The van der Waals surface area contributed by atoms with Gasteiger partial charge in [-0.3, -0.25) is 4.79 Å². The van der Waals surface area contributed by atoms with Crippen LogP contribution in [0, 0.1) is 0 Å². The number of benzene rings is 1. The zero-order chi connectivity index (χ0) is 17.3. The SMILES string of the molecule is C[NH+]1CCN(C2=NC(=O)/C(=C\c3ccc(C(C)(C)C)cc3)S2)CC1. The van der Waals surface area contributed by atoms with Crippen LogP contribution in [0.2, 0.25) is 0 Å². The molecule has 0 unspecified atom stereocenters. The first-order valence-electron chi connectivity index (χ1n) is 8.52. The van der Waals surface area contributed by atoms with Crippen LogP contribution in [0.5, 0.6) is 0 Å². The van der Waals surface area contributed by atoms with E-state index in [1.54, 1.807) is 0 Å². The maximum absolute atomic E-state index is 12.2. The minimum Gasteiger partial charge on any atom is -0.339 e. The molecule has 0 aliphatic carbocycles. The summed E-state index contributed by atoms with van der Waals surface area (Å²) in [6, 6.07) is 8.44. The topological polar surface area (TPSA) is 37.1 Å². The van der Waals surface area contributed by atoms with Gasteiger partial charge in [-0.2, -0.15) is 4.99 Å². The summed E-state index contributed by atoms with van der Waals surface area (Å²) in [5.41, 5.74) is 2.49. The Morgan fingerprint density at radius 2 is 1.79 bits per heavy atom. The van der Waals surface area contributed by atoms with Crippen LogP contribution in [0.1, 0.15) is 31.9 Å². The lowest BCUT2D eigenvalue weighted by Crippen LogP contribution is -3.12. The van der Waals surface area contributed by atoms with Crippen molar-refractivity contribution in [2.75, 3.05) is 33.2 Å². The largest absolute Gasteiger partial charge is 0.339 e. The second-order valence-corrected chi connectivity index (χ2v) is 8.64. The molecule has 1 aromatic rings. The van der Waals surface area contributed by atoms with E-state index in [0.29, 0.717) is 0 Å². The highest BCUT2D eigenvalue weighted by Crippen LogP contribution is 2.30. The van der Waals surface area contributed by atoms with Gasteiger partial charge in [0.15, 0.2) is 5.17 Å². The van der Waals surface area contributed by atoms with Crippen LogP contribution in [-0.4, -0.2) is 49.2 Å². The number of rotatable bonds is 1. The molecule has 0 radical (unpaired) electrons. The summed E-state index contributed by atoms with van der Waals surface area (Å²) in [6.07, 6.45) is 1.96. The zero-order valence-electron chi connectivity index (χ0n) is 14.9. The van der Waals surface area contributed by atoms with Crippen LogP contribution in [-0.2, 0) is 10.2 Å². The monoisotopic (exact) mass is 344 g/mol. The molecule has 3 rings (SSSR count). The van der Waals surface area contributed by atoms with E-state index in [-0.39, 0.29) is 11.3 Å². The second kappa shape index (κ2) is 6.73. The number of nitrogens with zero attached hydrogens (tertiary/aromatic N) is 2. The van der Waals surface area contributed by atoms with E-state index in [1.165, 1.54) is 22.2 Å². The molecular weight excluding hydrogens is 318 g/mol. The molecule has 1 N–H and O–H groups in total. The Bertz CT molecular complexity index is 678. The van der Waals surface area contributed by atoms with E-state index in [9.17, 15) is 4.79 Å². The Morgan fingerprint density at radius 3 is 2.38 bits per heavy atom. The van der Waals surface area contributed by atoms with E-state index in [0.717, 1.165) is 41.8 Å². The molecule has 2 heterocycles. The number of amides is 1. The number of hydrogen-bond acceptors (Lipinski definition) is 3. The maximum Gasteiger partial charge on any atom is 0.286 e. The van der Waals surface area contributed by atoms with Crippen molar-refractivity contribution < 1.29 is 9.69 Å². The lowest BCUT2D eigenvalue weighted by molar-refractivity contribution is -0.883. The van der Waals surface area contributed by atoms with Crippen molar-refractivity contribution in [2.45, 2.75) is 26.2 Å². The standard InChI is InChI=1S/C19H25N3OS/c1-19(2,3)15-7-5-14(6-8-15)13-16-17(23)20-18(24-16)22-11-9-21(4)10-12-22/h5-8,13H,9-12H2,1-4H3/p+1/b16-13+. The molecular formula is C19H26N3OS+. The van der Waals surface area contributed by atoms with Crippen molar-refractivity contribution in [2.24, 2.45) is 4.99 Å². The van der Waals surface area contributed by atoms with Crippen LogP contribution in [0.25, 0.3) is 6.08 Å². The molecule has 1 fully saturated rings. The number of aliphatic imine (C=N–C) groups is 1. The Kier molecular flexibility index (Phi) is 4.83. The third-order valence-corrected chi connectivity index (χ3v) is 5.62. The minimum atomic E-state index is -0.110. The highest BCUT2D eigenvalue weighted by Gasteiger charge is 2.28. The number of carbonyl (C=O) groups excluding carboxylic acids is 1. The van der Waals surface area contributed by atoms with Gasteiger partial charge in [0.05, 0.1) is 38.1 Å². The van der Waals surface area contributed by atoms with Crippen LogP contribution < -0.4 is 4.90 Å². The fourth-order valence-electron chi connectivity index (χ4n) is 2.84. The highest BCUT2D eigenvalue weighted by atomic mass is 32.2. The van der Waals surface area contributed by atoms with Crippen LogP contribution in [0.4, 0.5) is 0 Å². The Hall–Kier alpha value is -1.59. The third kappa shape index (κ3) is 3.90. The number of likely N-dealkylation sites (N-methyl/N-ethyl adjacent to an activating group) is 1. The lowest BCUT2D eigenvalue weighted by Gasteiger charge is -2.30. The molecule has 5 heteroatoms. The molecule has 1 aromatic carbocycles. The summed E-state index contributed by atoms with van der Waals surface area (Å²) >= 11 is 1.51. The molecule has 0 spiro atoms. The first-order valence-corrected chi connectivity index (χ1v) is 9.34. The van der Waals surface area contributed by atoms with Crippen molar-refractivity contribution >= 4 is 28.9 Å². The number of amidine groups is 1. The highest BCUT2D eigenvalue weighted by molar-refractivity contribution is 8.18. The van der Waals surface area contributed by atoms with Crippen molar-refractivity contribution in [3.63, 3.8) is 0 Å².